The molecule has 162 valence electrons. The Morgan fingerprint density at radius 2 is 1.69 bits per heavy atom. The van der Waals surface area contributed by atoms with Gasteiger partial charge in [0.25, 0.3) is 5.91 Å². The van der Waals surface area contributed by atoms with Gasteiger partial charge in [0.1, 0.15) is 5.75 Å². The molecule has 0 bridgehead atoms. The zero-order valence-electron chi connectivity index (χ0n) is 17.4. The maximum absolute atomic E-state index is 13.0. The molecule has 2 saturated heterocycles. The van der Waals surface area contributed by atoms with Crippen LogP contribution in [0.15, 0.2) is 23.1 Å². The molecule has 8 heteroatoms. The van der Waals surface area contributed by atoms with Crippen molar-refractivity contribution < 1.29 is 17.9 Å². The molecule has 0 atom stereocenters. The van der Waals surface area contributed by atoms with Gasteiger partial charge >= 0.3 is 0 Å². The van der Waals surface area contributed by atoms with Crippen LogP contribution in [-0.2, 0) is 10.0 Å². The van der Waals surface area contributed by atoms with Crippen molar-refractivity contribution in [1.29, 1.82) is 0 Å². The lowest BCUT2D eigenvalue weighted by Crippen LogP contribution is -2.32. The highest BCUT2D eigenvalue weighted by Gasteiger charge is 2.24. The summed E-state index contributed by atoms with van der Waals surface area (Å²) in [6, 6.07) is 4.53. The van der Waals surface area contributed by atoms with Gasteiger partial charge in [0.2, 0.25) is 10.0 Å². The van der Waals surface area contributed by atoms with Crippen molar-refractivity contribution in [2.24, 2.45) is 0 Å². The Hall–Kier alpha value is -1.64. The Morgan fingerprint density at radius 1 is 1.03 bits per heavy atom. The zero-order valence-corrected chi connectivity index (χ0v) is 18.2. The van der Waals surface area contributed by atoms with E-state index in [1.54, 1.807) is 6.07 Å². The summed E-state index contributed by atoms with van der Waals surface area (Å²) in [5, 5.41) is 0. The summed E-state index contributed by atoms with van der Waals surface area (Å²) in [4.78, 5) is 17.3. The second-order valence-electron chi connectivity index (χ2n) is 7.87. The third kappa shape index (κ3) is 5.93. The van der Waals surface area contributed by atoms with Gasteiger partial charge < -0.3 is 14.5 Å². The number of sulfonamides is 1. The van der Waals surface area contributed by atoms with E-state index in [1.807, 2.05) is 4.90 Å². The van der Waals surface area contributed by atoms with E-state index in [2.05, 4.69) is 9.62 Å². The second-order valence-corrected chi connectivity index (χ2v) is 9.64. The number of ether oxygens (including phenoxy) is 1. The molecular formula is C21H33N3O4S. The minimum absolute atomic E-state index is 0.109. The van der Waals surface area contributed by atoms with E-state index >= 15 is 0 Å². The topological polar surface area (TPSA) is 79.0 Å². The number of methoxy groups -OCH3 is 1. The second kappa shape index (κ2) is 10.4. The van der Waals surface area contributed by atoms with E-state index in [-0.39, 0.29) is 10.8 Å². The molecule has 1 aromatic carbocycles. The van der Waals surface area contributed by atoms with Crippen LogP contribution in [0.3, 0.4) is 0 Å². The number of nitrogens with one attached hydrogen (secondary N) is 1. The van der Waals surface area contributed by atoms with Gasteiger partial charge in [0, 0.05) is 19.6 Å². The molecule has 1 N–H and O–H groups in total. The van der Waals surface area contributed by atoms with Crippen LogP contribution in [0.5, 0.6) is 5.75 Å². The summed E-state index contributed by atoms with van der Waals surface area (Å²) in [6.07, 6.45) is 7.42. The van der Waals surface area contributed by atoms with Gasteiger partial charge in [-0.15, -0.1) is 0 Å². The fourth-order valence-electron chi connectivity index (χ4n) is 4.06. The molecule has 0 aliphatic carbocycles. The number of carbonyl (C=O) groups is 1. The normalized spacial score (nSPS) is 18.6. The number of hydrogen-bond acceptors (Lipinski definition) is 5. The van der Waals surface area contributed by atoms with Gasteiger partial charge in [-0.25, -0.2) is 13.1 Å². The van der Waals surface area contributed by atoms with E-state index in [4.69, 9.17) is 4.74 Å². The summed E-state index contributed by atoms with van der Waals surface area (Å²) in [7, 11) is -2.17. The molecule has 2 aliphatic heterocycles. The molecule has 0 unspecified atom stereocenters. The first-order chi connectivity index (χ1) is 14.0. The predicted molar refractivity (Wildman–Crippen MR) is 113 cm³/mol. The van der Waals surface area contributed by atoms with Gasteiger partial charge in [0.05, 0.1) is 17.6 Å². The monoisotopic (exact) mass is 423 g/mol. The summed E-state index contributed by atoms with van der Waals surface area (Å²) in [6.45, 7) is 4.91. The standard InChI is InChI=1S/C21H33N3O4S/c1-28-20-10-9-18(17-19(20)21(25)24-15-4-2-3-5-16-24)29(26,27)22-11-8-14-23-12-6-7-13-23/h9-10,17,22H,2-8,11-16H2,1H3. The largest absolute Gasteiger partial charge is 0.496 e. The quantitative estimate of drug-likeness (QED) is 0.650. The molecule has 0 saturated carbocycles. The SMILES string of the molecule is COc1ccc(S(=O)(=O)NCCCN2CCCC2)cc1C(=O)N1CCCCCC1. The van der Waals surface area contributed by atoms with E-state index in [9.17, 15) is 13.2 Å². The van der Waals surface area contributed by atoms with Crippen LogP contribution in [0.1, 0.15) is 55.3 Å². The summed E-state index contributed by atoms with van der Waals surface area (Å²) < 4.78 is 33.5. The van der Waals surface area contributed by atoms with Gasteiger partial charge in [-0.2, -0.15) is 0 Å². The molecule has 2 fully saturated rings. The van der Waals surface area contributed by atoms with Crippen molar-refractivity contribution in [2.45, 2.75) is 49.8 Å². The van der Waals surface area contributed by atoms with Crippen molar-refractivity contribution in [3.63, 3.8) is 0 Å². The number of benzene rings is 1. The molecular weight excluding hydrogens is 390 g/mol. The van der Waals surface area contributed by atoms with Crippen LogP contribution in [0, 0.1) is 0 Å². The first kappa shape index (κ1) is 22.1. The van der Waals surface area contributed by atoms with E-state index in [1.165, 1.54) is 32.1 Å². The van der Waals surface area contributed by atoms with E-state index in [0.29, 0.717) is 30.9 Å². The number of amides is 1. The molecule has 1 amide bonds. The van der Waals surface area contributed by atoms with Crippen molar-refractivity contribution in [3.8, 4) is 5.75 Å². The predicted octanol–water partition coefficient (Wildman–Crippen LogP) is 2.48. The van der Waals surface area contributed by atoms with Crippen LogP contribution < -0.4 is 9.46 Å². The van der Waals surface area contributed by atoms with Crippen LogP contribution >= 0.6 is 0 Å². The van der Waals surface area contributed by atoms with Gasteiger partial charge in [-0.3, -0.25) is 4.79 Å². The smallest absolute Gasteiger partial charge is 0.257 e. The first-order valence-corrected chi connectivity index (χ1v) is 12.2. The highest BCUT2D eigenvalue weighted by atomic mass is 32.2. The Morgan fingerprint density at radius 3 is 2.34 bits per heavy atom. The van der Waals surface area contributed by atoms with Crippen molar-refractivity contribution in [2.75, 3.05) is 46.4 Å². The molecule has 3 rings (SSSR count). The lowest BCUT2D eigenvalue weighted by atomic mass is 10.1. The van der Waals surface area contributed by atoms with Crippen LogP contribution in [0.4, 0.5) is 0 Å². The van der Waals surface area contributed by atoms with Crippen LogP contribution in [0.25, 0.3) is 0 Å². The number of rotatable bonds is 8. The molecule has 1 aromatic rings. The Kier molecular flexibility index (Phi) is 7.91. The van der Waals surface area contributed by atoms with Crippen LogP contribution in [0.2, 0.25) is 0 Å². The summed E-state index contributed by atoms with van der Waals surface area (Å²) in [5.41, 5.74) is 0.314. The third-order valence-corrected chi connectivity index (χ3v) is 7.21. The summed E-state index contributed by atoms with van der Waals surface area (Å²) in [5.74, 6) is 0.252. The third-order valence-electron chi connectivity index (χ3n) is 5.75. The Labute approximate surface area is 174 Å². The maximum atomic E-state index is 13.0. The average molecular weight is 424 g/mol. The van der Waals surface area contributed by atoms with Crippen molar-refractivity contribution in [1.82, 2.24) is 14.5 Å². The van der Waals surface area contributed by atoms with Gasteiger partial charge in [-0.05, 0) is 69.9 Å². The number of nitrogens with zero attached hydrogens (tertiary/aromatic N) is 2. The molecule has 2 heterocycles. The van der Waals surface area contributed by atoms with Gasteiger partial charge in [0.15, 0.2) is 0 Å². The highest BCUT2D eigenvalue weighted by molar-refractivity contribution is 7.89. The lowest BCUT2D eigenvalue weighted by molar-refractivity contribution is 0.0758. The molecule has 29 heavy (non-hydrogen) atoms. The Bertz CT molecular complexity index is 783. The van der Waals surface area contributed by atoms with Crippen molar-refractivity contribution >= 4 is 15.9 Å². The summed E-state index contributed by atoms with van der Waals surface area (Å²) >= 11 is 0. The van der Waals surface area contributed by atoms with E-state index < -0.39 is 10.0 Å². The fourth-order valence-corrected chi connectivity index (χ4v) is 5.16. The minimum Gasteiger partial charge on any atom is -0.496 e. The van der Waals surface area contributed by atoms with Gasteiger partial charge in [-0.1, -0.05) is 12.8 Å². The maximum Gasteiger partial charge on any atom is 0.257 e. The molecule has 0 aromatic heterocycles. The highest BCUT2D eigenvalue weighted by Crippen LogP contribution is 2.25. The molecule has 7 nitrogen and oxygen atoms in total. The minimum atomic E-state index is -3.67. The fraction of sp³-hybridized carbons (Fsp3) is 0.667. The Balaban J connectivity index is 1.68. The zero-order chi connectivity index (χ0) is 20.7. The molecule has 0 spiro atoms. The molecule has 0 radical (unpaired) electrons. The number of likely N-dealkylation sites (tertiary alicyclic amines) is 2. The van der Waals surface area contributed by atoms with Crippen molar-refractivity contribution in [3.05, 3.63) is 23.8 Å². The average Bonchev–Trinajstić information content (AvgIpc) is 3.10. The van der Waals surface area contributed by atoms with Crippen LogP contribution in [-0.4, -0.2) is 70.5 Å². The van der Waals surface area contributed by atoms with E-state index in [0.717, 1.165) is 51.7 Å². The lowest BCUT2D eigenvalue weighted by Gasteiger charge is -2.22. The molecule has 2 aliphatic rings. The first-order valence-electron chi connectivity index (χ1n) is 10.7. The number of hydrogen-bond donors (Lipinski definition) is 1. The number of carbonyl (C=O) groups excluding carboxylic acids is 1.